The number of nitrogens with zero attached hydrogens (tertiary/aromatic N) is 1. The Morgan fingerprint density at radius 2 is 2.05 bits per heavy atom. The van der Waals surface area contributed by atoms with E-state index in [2.05, 4.69) is 17.2 Å². The molecule has 0 aliphatic heterocycles. The van der Waals surface area contributed by atoms with Crippen LogP contribution in [0.1, 0.15) is 22.5 Å². The molecule has 0 unspecified atom stereocenters. The molecule has 2 nitrogen and oxygen atoms in total. The number of benzene rings is 1. The zero-order valence-corrected chi connectivity index (χ0v) is 12.7. The average Bonchev–Trinajstić information content (AvgIpc) is 2.81. The van der Waals surface area contributed by atoms with E-state index in [1.54, 1.807) is 23.1 Å². The van der Waals surface area contributed by atoms with Crippen molar-refractivity contribution in [1.29, 1.82) is 0 Å². The summed E-state index contributed by atoms with van der Waals surface area (Å²) in [6, 6.07) is 6.61. The Bertz CT molecular complexity index is 523. The summed E-state index contributed by atoms with van der Waals surface area (Å²) < 4.78 is 12.8. The predicted molar refractivity (Wildman–Crippen MR) is 80.2 cm³/mol. The van der Waals surface area contributed by atoms with E-state index in [-0.39, 0.29) is 5.82 Å². The monoisotopic (exact) mass is 296 g/mol. The minimum atomic E-state index is -0.192. The van der Waals surface area contributed by atoms with Gasteiger partial charge in [0.05, 0.1) is 11.4 Å². The Kier molecular flexibility index (Phi) is 5.36. The summed E-state index contributed by atoms with van der Waals surface area (Å²) in [5.74, 6) is 0.649. The molecule has 0 spiro atoms. The van der Waals surface area contributed by atoms with Gasteiger partial charge in [0.2, 0.25) is 0 Å². The summed E-state index contributed by atoms with van der Waals surface area (Å²) >= 11 is 3.46. The lowest BCUT2D eigenvalue weighted by Crippen LogP contribution is -2.05. The first-order valence-electron chi connectivity index (χ1n) is 6.23. The molecule has 2 aromatic rings. The van der Waals surface area contributed by atoms with Gasteiger partial charge < -0.3 is 5.32 Å². The number of aryl methyl sites for hydroxylation is 1. The van der Waals surface area contributed by atoms with Gasteiger partial charge in [-0.25, -0.2) is 9.37 Å². The van der Waals surface area contributed by atoms with Gasteiger partial charge in [-0.2, -0.15) is 0 Å². The van der Waals surface area contributed by atoms with Crippen molar-refractivity contribution in [2.75, 3.05) is 7.05 Å². The van der Waals surface area contributed by atoms with Crippen molar-refractivity contribution in [3.05, 3.63) is 45.7 Å². The Labute approximate surface area is 121 Å². The molecule has 0 saturated heterocycles. The lowest BCUT2D eigenvalue weighted by atomic mass is 10.3. The Hall–Kier alpha value is -0.910. The van der Waals surface area contributed by atoms with Crippen LogP contribution < -0.4 is 5.32 Å². The Morgan fingerprint density at radius 3 is 2.68 bits per heavy atom. The van der Waals surface area contributed by atoms with Gasteiger partial charge in [0, 0.05) is 16.3 Å². The fourth-order valence-corrected chi connectivity index (χ4v) is 3.81. The van der Waals surface area contributed by atoms with E-state index >= 15 is 0 Å². The van der Waals surface area contributed by atoms with Crippen molar-refractivity contribution >= 4 is 23.1 Å². The molecule has 0 fully saturated rings. The second-order valence-corrected chi connectivity index (χ2v) is 6.32. The largest absolute Gasteiger partial charge is 0.315 e. The topological polar surface area (TPSA) is 24.9 Å². The summed E-state index contributed by atoms with van der Waals surface area (Å²) in [4.78, 5) is 7.06. The molecule has 1 N–H and O–H groups in total. The molecule has 0 radical (unpaired) electrons. The first-order chi connectivity index (χ1) is 9.22. The highest BCUT2D eigenvalue weighted by atomic mass is 32.2. The molecule has 2 rings (SSSR count). The number of aromatic nitrogens is 1. The number of rotatable bonds is 6. The maximum atomic E-state index is 12.8. The van der Waals surface area contributed by atoms with Crippen LogP contribution in [0.2, 0.25) is 0 Å². The van der Waals surface area contributed by atoms with Crippen LogP contribution >= 0.6 is 23.1 Å². The number of hydrogen-bond donors (Lipinski definition) is 1. The summed E-state index contributed by atoms with van der Waals surface area (Å²) in [5.41, 5.74) is 1.19. The highest BCUT2D eigenvalue weighted by Gasteiger charge is 2.09. The van der Waals surface area contributed by atoms with Crippen LogP contribution in [0.3, 0.4) is 0 Å². The van der Waals surface area contributed by atoms with Crippen molar-refractivity contribution in [2.45, 2.75) is 30.5 Å². The van der Waals surface area contributed by atoms with Crippen LogP contribution in [0.4, 0.5) is 4.39 Å². The third-order valence-corrected chi connectivity index (χ3v) is 4.97. The van der Waals surface area contributed by atoms with Crippen LogP contribution in [0, 0.1) is 5.82 Å². The van der Waals surface area contributed by atoms with Gasteiger partial charge in [-0.05, 0) is 37.7 Å². The van der Waals surface area contributed by atoms with E-state index in [0.717, 1.165) is 28.6 Å². The van der Waals surface area contributed by atoms with Gasteiger partial charge in [0.1, 0.15) is 10.8 Å². The second-order valence-electron chi connectivity index (χ2n) is 4.10. The molecule has 0 saturated carbocycles. The van der Waals surface area contributed by atoms with Crippen molar-refractivity contribution in [3.63, 3.8) is 0 Å². The summed E-state index contributed by atoms with van der Waals surface area (Å²) in [6.07, 6.45) is 0.967. The van der Waals surface area contributed by atoms with Crippen molar-refractivity contribution < 1.29 is 4.39 Å². The lowest BCUT2D eigenvalue weighted by molar-refractivity contribution is 0.626. The standard InChI is InChI=1S/C14H17FN2S2/c1-3-12-13(8-16-2)19-14(17-12)9-18-11-6-4-10(15)5-7-11/h4-7,16H,3,8-9H2,1-2H3. The third-order valence-electron chi connectivity index (χ3n) is 2.67. The molecular formula is C14H17FN2S2. The Morgan fingerprint density at radius 1 is 1.32 bits per heavy atom. The van der Waals surface area contributed by atoms with Crippen molar-refractivity contribution in [3.8, 4) is 0 Å². The summed E-state index contributed by atoms with van der Waals surface area (Å²) in [5, 5.41) is 4.31. The van der Waals surface area contributed by atoms with Gasteiger partial charge in [0.15, 0.2) is 0 Å². The fourth-order valence-electron chi connectivity index (χ4n) is 1.75. The molecular weight excluding hydrogens is 279 g/mol. The summed E-state index contributed by atoms with van der Waals surface area (Å²) in [7, 11) is 1.95. The van der Waals surface area contributed by atoms with Crippen LogP contribution in [0.25, 0.3) is 0 Å². The maximum absolute atomic E-state index is 12.8. The first-order valence-corrected chi connectivity index (χ1v) is 8.03. The molecule has 0 atom stereocenters. The molecule has 1 aromatic heterocycles. The number of thiazole rings is 1. The minimum absolute atomic E-state index is 0.192. The van der Waals surface area contributed by atoms with E-state index in [1.165, 1.54) is 22.7 Å². The smallest absolute Gasteiger partial charge is 0.123 e. The number of halogens is 1. The van der Waals surface area contributed by atoms with Gasteiger partial charge in [-0.1, -0.05) is 6.92 Å². The predicted octanol–water partition coefficient (Wildman–Crippen LogP) is 3.86. The van der Waals surface area contributed by atoms with Crippen molar-refractivity contribution in [1.82, 2.24) is 10.3 Å². The molecule has 5 heteroatoms. The van der Waals surface area contributed by atoms with E-state index in [9.17, 15) is 4.39 Å². The highest BCUT2D eigenvalue weighted by Crippen LogP contribution is 2.27. The number of thioether (sulfide) groups is 1. The lowest BCUT2D eigenvalue weighted by Gasteiger charge is -1.98. The van der Waals surface area contributed by atoms with E-state index < -0.39 is 0 Å². The van der Waals surface area contributed by atoms with Crippen LogP contribution in [-0.4, -0.2) is 12.0 Å². The molecule has 0 bridgehead atoms. The van der Waals surface area contributed by atoms with Gasteiger partial charge in [0.25, 0.3) is 0 Å². The van der Waals surface area contributed by atoms with Crippen LogP contribution in [0.5, 0.6) is 0 Å². The third kappa shape index (κ3) is 4.03. The molecule has 1 aromatic carbocycles. The van der Waals surface area contributed by atoms with E-state index in [0.29, 0.717) is 0 Å². The SMILES string of the molecule is CCc1nc(CSc2ccc(F)cc2)sc1CNC. The second kappa shape index (κ2) is 7.03. The molecule has 1 heterocycles. The zero-order valence-electron chi connectivity index (χ0n) is 11.1. The highest BCUT2D eigenvalue weighted by molar-refractivity contribution is 7.98. The maximum Gasteiger partial charge on any atom is 0.123 e. The molecule has 0 amide bonds. The molecule has 0 aliphatic carbocycles. The van der Waals surface area contributed by atoms with Crippen LogP contribution in [0.15, 0.2) is 29.2 Å². The molecule has 19 heavy (non-hydrogen) atoms. The van der Waals surface area contributed by atoms with Crippen LogP contribution in [-0.2, 0) is 18.7 Å². The molecule has 102 valence electrons. The first kappa shape index (κ1) is 14.5. The quantitative estimate of drug-likeness (QED) is 0.819. The van der Waals surface area contributed by atoms with Crippen molar-refractivity contribution in [2.24, 2.45) is 0 Å². The number of hydrogen-bond acceptors (Lipinski definition) is 4. The van der Waals surface area contributed by atoms with Gasteiger partial charge in [-0.3, -0.25) is 0 Å². The van der Waals surface area contributed by atoms with Gasteiger partial charge in [-0.15, -0.1) is 23.1 Å². The normalized spacial score (nSPS) is 10.9. The summed E-state index contributed by atoms with van der Waals surface area (Å²) in [6.45, 7) is 3.01. The average molecular weight is 296 g/mol. The number of nitrogens with one attached hydrogen (secondary N) is 1. The van der Waals surface area contributed by atoms with Gasteiger partial charge >= 0.3 is 0 Å². The zero-order chi connectivity index (χ0) is 13.7. The molecule has 0 aliphatic rings. The Balaban J connectivity index is 2.01. The van der Waals surface area contributed by atoms with E-state index in [1.807, 2.05) is 19.2 Å². The fraction of sp³-hybridized carbons (Fsp3) is 0.357. The van der Waals surface area contributed by atoms with E-state index in [4.69, 9.17) is 0 Å². The minimum Gasteiger partial charge on any atom is -0.315 e.